The molecule has 1 N–H and O–H groups in total. The zero-order valence-electron chi connectivity index (χ0n) is 8.52. The van der Waals surface area contributed by atoms with Crippen LogP contribution in [0.3, 0.4) is 0 Å². The van der Waals surface area contributed by atoms with Crippen LogP contribution in [0.4, 0.5) is 4.39 Å². The van der Waals surface area contributed by atoms with E-state index in [0.717, 1.165) is 10.8 Å². The van der Waals surface area contributed by atoms with Crippen molar-refractivity contribution in [3.8, 4) is 0 Å². The maximum Gasteiger partial charge on any atom is 0.251 e. The van der Waals surface area contributed by atoms with Crippen LogP contribution in [0.2, 0.25) is 0 Å². The molecule has 0 aliphatic rings. The van der Waals surface area contributed by atoms with E-state index in [2.05, 4.69) is 27.9 Å². The lowest BCUT2D eigenvalue weighted by Gasteiger charge is -2.05. The SMILES string of the molecule is Cc1cc(C(=O)NCCCI)ccc1F. The third kappa shape index (κ3) is 3.77. The Morgan fingerprint density at radius 1 is 1.53 bits per heavy atom. The average Bonchev–Trinajstić information content (AvgIpc) is 2.22. The summed E-state index contributed by atoms with van der Waals surface area (Å²) in [6.45, 7) is 2.31. The Morgan fingerprint density at radius 3 is 2.87 bits per heavy atom. The molecule has 0 saturated carbocycles. The van der Waals surface area contributed by atoms with Crippen LogP contribution in [0.15, 0.2) is 18.2 Å². The minimum absolute atomic E-state index is 0.136. The van der Waals surface area contributed by atoms with Crippen LogP contribution in [0.5, 0.6) is 0 Å². The van der Waals surface area contributed by atoms with Gasteiger partial charge in [0.15, 0.2) is 0 Å². The molecule has 0 aromatic heterocycles. The highest BCUT2D eigenvalue weighted by atomic mass is 127. The van der Waals surface area contributed by atoms with E-state index in [0.29, 0.717) is 17.7 Å². The van der Waals surface area contributed by atoms with E-state index < -0.39 is 0 Å². The monoisotopic (exact) mass is 321 g/mol. The minimum atomic E-state index is -0.279. The van der Waals surface area contributed by atoms with Gasteiger partial charge in [-0.2, -0.15) is 0 Å². The first-order valence-electron chi connectivity index (χ1n) is 4.75. The van der Waals surface area contributed by atoms with Crippen molar-refractivity contribution in [3.63, 3.8) is 0 Å². The van der Waals surface area contributed by atoms with Gasteiger partial charge in [-0.3, -0.25) is 4.79 Å². The first-order chi connectivity index (χ1) is 7.15. The van der Waals surface area contributed by atoms with E-state index in [4.69, 9.17) is 0 Å². The predicted octanol–water partition coefficient (Wildman–Crippen LogP) is 2.69. The van der Waals surface area contributed by atoms with Crippen molar-refractivity contribution in [2.24, 2.45) is 0 Å². The first kappa shape index (κ1) is 12.4. The number of alkyl halides is 1. The molecule has 82 valence electrons. The molecule has 0 fully saturated rings. The molecule has 0 aliphatic carbocycles. The molecule has 0 radical (unpaired) electrons. The maximum absolute atomic E-state index is 12.9. The molecule has 1 rings (SSSR count). The Kier molecular flexibility index (Phi) is 5.01. The lowest BCUT2D eigenvalue weighted by molar-refractivity contribution is 0.0953. The summed E-state index contributed by atoms with van der Waals surface area (Å²) in [6.07, 6.45) is 0.951. The topological polar surface area (TPSA) is 29.1 Å². The Labute approximate surface area is 102 Å². The van der Waals surface area contributed by atoms with Crippen LogP contribution in [-0.4, -0.2) is 16.9 Å². The van der Waals surface area contributed by atoms with Crippen LogP contribution in [0.1, 0.15) is 22.3 Å². The van der Waals surface area contributed by atoms with E-state index in [-0.39, 0.29) is 11.7 Å². The second-order valence-corrected chi connectivity index (χ2v) is 4.34. The van der Waals surface area contributed by atoms with Crippen LogP contribution < -0.4 is 5.32 Å². The van der Waals surface area contributed by atoms with E-state index in [1.807, 2.05) is 0 Å². The number of nitrogens with one attached hydrogen (secondary N) is 1. The molecule has 0 saturated heterocycles. The summed E-state index contributed by atoms with van der Waals surface area (Å²) in [4.78, 5) is 11.5. The van der Waals surface area contributed by atoms with Crippen LogP contribution in [0.25, 0.3) is 0 Å². The fraction of sp³-hybridized carbons (Fsp3) is 0.364. The van der Waals surface area contributed by atoms with Crippen molar-refractivity contribution in [1.29, 1.82) is 0 Å². The fourth-order valence-corrected chi connectivity index (χ4v) is 1.54. The van der Waals surface area contributed by atoms with Gasteiger partial charge in [0, 0.05) is 16.5 Å². The van der Waals surface area contributed by atoms with Crippen molar-refractivity contribution in [2.75, 3.05) is 11.0 Å². The van der Waals surface area contributed by atoms with Gasteiger partial charge in [-0.1, -0.05) is 22.6 Å². The molecule has 1 amide bonds. The summed E-state index contributed by atoms with van der Waals surface area (Å²) < 4.78 is 14.0. The number of hydrogen-bond donors (Lipinski definition) is 1. The quantitative estimate of drug-likeness (QED) is 0.516. The van der Waals surface area contributed by atoms with Crippen LogP contribution >= 0.6 is 22.6 Å². The molecule has 0 atom stereocenters. The first-order valence-corrected chi connectivity index (χ1v) is 6.28. The molecule has 15 heavy (non-hydrogen) atoms. The molecule has 1 aromatic carbocycles. The van der Waals surface area contributed by atoms with Crippen molar-refractivity contribution in [2.45, 2.75) is 13.3 Å². The number of carbonyl (C=O) groups excluding carboxylic acids is 1. The number of rotatable bonds is 4. The lowest BCUT2D eigenvalue weighted by Crippen LogP contribution is -2.24. The third-order valence-electron chi connectivity index (χ3n) is 2.02. The minimum Gasteiger partial charge on any atom is -0.352 e. The second kappa shape index (κ2) is 6.05. The number of halogens is 2. The summed E-state index contributed by atoms with van der Waals surface area (Å²) in [5.41, 5.74) is 1.01. The summed E-state index contributed by atoms with van der Waals surface area (Å²) in [5.74, 6) is -0.415. The lowest BCUT2D eigenvalue weighted by atomic mass is 10.1. The summed E-state index contributed by atoms with van der Waals surface area (Å²) in [7, 11) is 0. The number of amides is 1. The smallest absolute Gasteiger partial charge is 0.251 e. The van der Waals surface area contributed by atoms with Gasteiger partial charge in [-0.05, 0) is 37.1 Å². The largest absolute Gasteiger partial charge is 0.352 e. The van der Waals surface area contributed by atoms with E-state index in [9.17, 15) is 9.18 Å². The fourth-order valence-electron chi connectivity index (χ4n) is 1.16. The third-order valence-corrected chi connectivity index (χ3v) is 2.78. The molecule has 4 heteroatoms. The summed E-state index contributed by atoms with van der Waals surface area (Å²) >= 11 is 2.26. The zero-order valence-corrected chi connectivity index (χ0v) is 10.7. The number of aryl methyl sites for hydroxylation is 1. The summed E-state index contributed by atoms with van der Waals surface area (Å²) in [5, 5.41) is 2.78. The van der Waals surface area contributed by atoms with Gasteiger partial charge in [-0.15, -0.1) is 0 Å². The highest BCUT2D eigenvalue weighted by Crippen LogP contribution is 2.08. The Hall–Kier alpha value is -0.650. The molecule has 0 aliphatic heterocycles. The van der Waals surface area contributed by atoms with E-state index in [1.54, 1.807) is 13.0 Å². The molecular formula is C11H13FINO. The van der Waals surface area contributed by atoms with E-state index in [1.165, 1.54) is 12.1 Å². The molecular weight excluding hydrogens is 308 g/mol. The molecule has 0 spiro atoms. The zero-order chi connectivity index (χ0) is 11.3. The number of benzene rings is 1. The van der Waals surface area contributed by atoms with Gasteiger partial charge in [0.25, 0.3) is 5.91 Å². The van der Waals surface area contributed by atoms with Crippen molar-refractivity contribution in [3.05, 3.63) is 35.1 Å². The average molecular weight is 321 g/mol. The van der Waals surface area contributed by atoms with Gasteiger partial charge < -0.3 is 5.32 Å². The highest BCUT2D eigenvalue weighted by Gasteiger charge is 2.06. The van der Waals surface area contributed by atoms with Crippen molar-refractivity contribution < 1.29 is 9.18 Å². The van der Waals surface area contributed by atoms with Gasteiger partial charge in [0.1, 0.15) is 5.82 Å². The van der Waals surface area contributed by atoms with Crippen LogP contribution in [0, 0.1) is 12.7 Å². The van der Waals surface area contributed by atoms with E-state index >= 15 is 0 Å². The highest BCUT2D eigenvalue weighted by molar-refractivity contribution is 14.1. The predicted molar refractivity (Wildman–Crippen MR) is 67.0 cm³/mol. The molecule has 2 nitrogen and oxygen atoms in total. The van der Waals surface area contributed by atoms with Gasteiger partial charge in [0.05, 0.1) is 0 Å². The second-order valence-electron chi connectivity index (χ2n) is 3.26. The molecule has 0 heterocycles. The number of carbonyl (C=O) groups is 1. The standard InChI is InChI=1S/C11H13FINO/c1-8-7-9(3-4-10(8)12)11(15)14-6-2-5-13/h3-4,7H,2,5-6H2,1H3,(H,14,15). The maximum atomic E-state index is 12.9. The normalized spacial score (nSPS) is 10.1. The molecule has 0 unspecified atom stereocenters. The van der Waals surface area contributed by atoms with Gasteiger partial charge in [0.2, 0.25) is 0 Å². The van der Waals surface area contributed by atoms with Crippen molar-refractivity contribution in [1.82, 2.24) is 5.32 Å². The molecule has 0 bridgehead atoms. The Morgan fingerprint density at radius 2 is 2.27 bits per heavy atom. The molecule has 1 aromatic rings. The Balaban J connectivity index is 2.62. The van der Waals surface area contributed by atoms with Gasteiger partial charge in [-0.25, -0.2) is 4.39 Å². The van der Waals surface area contributed by atoms with Crippen molar-refractivity contribution >= 4 is 28.5 Å². The Bertz CT molecular complexity index is 354. The van der Waals surface area contributed by atoms with Crippen LogP contribution in [-0.2, 0) is 0 Å². The van der Waals surface area contributed by atoms with Gasteiger partial charge >= 0.3 is 0 Å². The summed E-state index contributed by atoms with van der Waals surface area (Å²) in [6, 6.07) is 4.39. The number of hydrogen-bond acceptors (Lipinski definition) is 1.